The number of carboxylic acids is 1. The molecule has 2 unspecified atom stereocenters. The van der Waals surface area contributed by atoms with E-state index in [-0.39, 0.29) is 34.9 Å². The molecule has 1 saturated heterocycles. The first-order chi connectivity index (χ1) is 9.50. The summed E-state index contributed by atoms with van der Waals surface area (Å²) in [5.41, 5.74) is 6.26. The van der Waals surface area contributed by atoms with Crippen LogP contribution in [0.5, 0.6) is 0 Å². The van der Waals surface area contributed by atoms with Gasteiger partial charge in [-0.15, -0.1) is 0 Å². The zero-order valence-corrected chi connectivity index (χ0v) is 10.7. The predicted molar refractivity (Wildman–Crippen MR) is 71.1 cm³/mol. The molecule has 1 aliphatic heterocycles. The molecule has 0 radical (unpaired) electrons. The standard InChI is InChI=1S/C14H14N2O4/c15-10-6-7(14(19)20)4-5-11(10)16-12(17)8-2-1-3-9(8)13(16)18/h4-6,8-9H,1-3,15H2,(H,19,20). The van der Waals surface area contributed by atoms with E-state index in [2.05, 4.69) is 0 Å². The molecule has 3 rings (SSSR count). The molecule has 1 aliphatic carbocycles. The fourth-order valence-electron chi connectivity index (χ4n) is 3.12. The number of rotatable bonds is 2. The van der Waals surface area contributed by atoms with Crippen LogP contribution in [0.2, 0.25) is 0 Å². The molecule has 1 aromatic rings. The summed E-state index contributed by atoms with van der Waals surface area (Å²) in [6, 6.07) is 4.05. The zero-order valence-electron chi connectivity index (χ0n) is 10.7. The zero-order chi connectivity index (χ0) is 14.4. The van der Waals surface area contributed by atoms with E-state index in [0.29, 0.717) is 5.69 Å². The minimum Gasteiger partial charge on any atom is -0.478 e. The van der Waals surface area contributed by atoms with Gasteiger partial charge in [0.2, 0.25) is 11.8 Å². The van der Waals surface area contributed by atoms with Gasteiger partial charge in [-0.05, 0) is 31.0 Å². The van der Waals surface area contributed by atoms with Crippen LogP contribution in [0.4, 0.5) is 11.4 Å². The molecule has 1 aromatic carbocycles. The number of hydrogen-bond acceptors (Lipinski definition) is 4. The van der Waals surface area contributed by atoms with Crippen LogP contribution in [0.3, 0.4) is 0 Å². The van der Waals surface area contributed by atoms with E-state index in [4.69, 9.17) is 10.8 Å². The highest BCUT2D eigenvalue weighted by Gasteiger charge is 2.50. The molecule has 1 heterocycles. The number of nitrogen functional groups attached to an aromatic ring is 1. The Bertz CT molecular complexity index is 604. The second kappa shape index (κ2) is 4.33. The Hall–Kier alpha value is -2.37. The molecular formula is C14H14N2O4. The van der Waals surface area contributed by atoms with Crippen LogP contribution < -0.4 is 10.6 Å². The number of aromatic carboxylic acids is 1. The third-order valence-electron chi connectivity index (χ3n) is 4.11. The lowest BCUT2D eigenvalue weighted by Crippen LogP contribution is -2.32. The van der Waals surface area contributed by atoms with Crippen LogP contribution in [-0.2, 0) is 9.59 Å². The summed E-state index contributed by atoms with van der Waals surface area (Å²) in [4.78, 5) is 36.6. The number of amides is 2. The molecule has 6 heteroatoms. The van der Waals surface area contributed by atoms with E-state index in [9.17, 15) is 14.4 Å². The number of hydrogen-bond donors (Lipinski definition) is 2. The summed E-state index contributed by atoms with van der Waals surface area (Å²) < 4.78 is 0. The third-order valence-corrected chi connectivity index (χ3v) is 4.11. The fourth-order valence-corrected chi connectivity index (χ4v) is 3.12. The van der Waals surface area contributed by atoms with Crippen molar-refractivity contribution < 1.29 is 19.5 Å². The van der Waals surface area contributed by atoms with Crippen LogP contribution in [0.15, 0.2) is 18.2 Å². The van der Waals surface area contributed by atoms with Gasteiger partial charge >= 0.3 is 5.97 Å². The molecule has 2 amide bonds. The lowest BCUT2D eigenvalue weighted by atomic mass is 10.00. The number of nitrogens with zero attached hydrogens (tertiary/aromatic N) is 1. The molecule has 104 valence electrons. The normalized spacial score (nSPS) is 25.1. The van der Waals surface area contributed by atoms with Crippen LogP contribution in [0, 0.1) is 11.8 Å². The maximum Gasteiger partial charge on any atom is 0.335 e. The summed E-state index contributed by atoms with van der Waals surface area (Å²) >= 11 is 0. The minimum atomic E-state index is -1.10. The van der Waals surface area contributed by atoms with E-state index < -0.39 is 5.97 Å². The molecule has 3 N–H and O–H groups in total. The van der Waals surface area contributed by atoms with Gasteiger partial charge in [-0.25, -0.2) is 9.69 Å². The maximum absolute atomic E-state index is 12.3. The van der Waals surface area contributed by atoms with Crippen molar-refractivity contribution in [3.8, 4) is 0 Å². The lowest BCUT2D eigenvalue weighted by Gasteiger charge is -2.18. The summed E-state index contributed by atoms with van der Waals surface area (Å²) in [6.45, 7) is 0. The van der Waals surface area contributed by atoms with Crippen molar-refractivity contribution in [2.45, 2.75) is 19.3 Å². The van der Waals surface area contributed by atoms with Crippen LogP contribution in [0.1, 0.15) is 29.6 Å². The molecular weight excluding hydrogens is 260 g/mol. The van der Waals surface area contributed by atoms with Crippen molar-refractivity contribution in [1.82, 2.24) is 0 Å². The van der Waals surface area contributed by atoms with E-state index in [1.54, 1.807) is 0 Å². The average molecular weight is 274 g/mol. The topological polar surface area (TPSA) is 101 Å². The maximum atomic E-state index is 12.3. The van der Waals surface area contributed by atoms with Gasteiger partial charge in [-0.3, -0.25) is 9.59 Å². The molecule has 2 atom stereocenters. The number of benzene rings is 1. The number of anilines is 2. The van der Waals surface area contributed by atoms with Crippen LogP contribution in [-0.4, -0.2) is 22.9 Å². The van der Waals surface area contributed by atoms with Crippen molar-refractivity contribution in [3.63, 3.8) is 0 Å². The summed E-state index contributed by atoms with van der Waals surface area (Å²) in [5, 5.41) is 8.90. The quantitative estimate of drug-likeness (QED) is 0.624. The fraction of sp³-hybridized carbons (Fsp3) is 0.357. The van der Waals surface area contributed by atoms with Crippen molar-refractivity contribution in [3.05, 3.63) is 23.8 Å². The van der Waals surface area contributed by atoms with Gasteiger partial charge < -0.3 is 10.8 Å². The Morgan fingerprint density at radius 3 is 2.30 bits per heavy atom. The monoisotopic (exact) mass is 274 g/mol. The minimum absolute atomic E-state index is 0.0329. The Kier molecular flexibility index (Phi) is 2.74. The van der Waals surface area contributed by atoms with E-state index in [1.165, 1.54) is 18.2 Å². The number of nitrogens with two attached hydrogens (primary N) is 1. The molecule has 2 aliphatic rings. The SMILES string of the molecule is Nc1cc(C(=O)O)ccc1N1C(=O)C2CCCC2C1=O. The molecule has 0 spiro atoms. The number of fused-ring (bicyclic) bond motifs is 1. The van der Waals surface area contributed by atoms with Gasteiger partial charge in [0.15, 0.2) is 0 Å². The molecule has 1 saturated carbocycles. The summed E-state index contributed by atoms with van der Waals surface area (Å²) in [6.07, 6.45) is 2.37. The third kappa shape index (κ3) is 1.68. The molecule has 20 heavy (non-hydrogen) atoms. The van der Waals surface area contributed by atoms with Crippen molar-refractivity contribution in [1.29, 1.82) is 0 Å². The number of carboxylic acid groups (broad SMARTS) is 1. The number of imide groups is 1. The second-order valence-electron chi connectivity index (χ2n) is 5.23. The van der Waals surface area contributed by atoms with E-state index in [1.807, 2.05) is 0 Å². The second-order valence-corrected chi connectivity index (χ2v) is 5.23. The smallest absolute Gasteiger partial charge is 0.335 e. The largest absolute Gasteiger partial charge is 0.478 e. The molecule has 6 nitrogen and oxygen atoms in total. The van der Waals surface area contributed by atoms with Gasteiger partial charge in [0.25, 0.3) is 0 Å². The Morgan fingerprint density at radius 1 is 1.20 bits per heavy atom. The van der Waals surface area contributed by atoms with Crippen LogP contribution in [0.25, 0.3) is 0 Å². The van der Waals surface area contributed by atoms with Crippen molar-refractivity contribution >= 4 is 29.2 Å². The Balaban J connectivity index is 1.99. The highest BCUT2D eigenvalue weighted by atomic mass is 16.4. The first-order valence-electron chi connectivity index (χ1n) is 6.51. The first kappa shape index (κ1) is 12.7. The van der Waals surface area contributed by atoms with Gasteiger partial charge in [0.05, 0.1) is 28.8 Å². The van der Waals surface area contributed by atoms with Gasteiger partial charge in [-0.1, -0.05) is 6.42 Å². The van der Waals surface area contributed by atoms with Gasteiger partial charge in [-0.2, -0.15) is 0 Å². The van der Waals surface area contributed by atoms with Crippen molar-refractivity contribution in [2.75, 3.05) is 10.6 Å². The highest BCUT2D eigenvalue weighted by molar-refractivity contribution is 6.23. The van der Waals surface area contributed by atoms with Crippen molar-refractivity contribution in [2.24, 2.45) is 11.8 Å². The predicted octanol–water partition coefficient (Wildman–Crippen LogP) is 1.26. The molecule has 0 aromatic heterocycles. The Labute approximate surface area is 115 Å². The summed E-state index contributed by atoms with van der Waals surface area (Å²) in [5.74, 6) is -2.00. The van der Waals surface area contributed by atoms with Crippen LogP contribution >= 0.6 is 0 Å². The van der Waals surface area contributed by atoms with E-state index >= 15 is 0 Å². The lowest BCUT2D eigenvalue weighted by molar-refractivity contribution is -0.122. The average Bonchev–Trinajstić information content (AvgIpc) is 2.96. The van der Waals surface area contributed by atoms with Gasteiger partial charge in [0, 0.05) is 0 Å². The number of carbonyl (C=O) groups is 3. The first-order valence-corrected chi connectivity index (χ1v) is 6.51. The molecule has 0 bridgehead atoms. The summed E-state index contributed by atoms with van der Waals surface area (Å²) in [7, 11) is 0. The molecule has 2 fully saturated rings. The van der Waals surface area contributed by atoms with Gasteiger partial charge in [0.1, 0.15) is 0 Å². The van der Waals surface area contributed by atoms with E-state index in [0.717, 1.165) is 24.2 Å². The number of carbonyl (C=O) groups excluding carboxylic acids is 2. The highest BCUT2D eigenvalue weighted by Crippen LogP contribution is 2.42. The Morgan fingerprint density at radius 2 is 1.80 bits per heavy atom.